The lowest BCUT2D eigenvalue weighted by Crippen LogP contribution is -2.19. The maximum atomic E-state index is 11.9. The van der Waals surface area contributed by atoms with Crippen molar-refractivity contribution in [3.63, 3.8) is 0 Å². The Morgan fingerprint density at radius 1 is 1.28 bits per heavy atom. The lowest BCUT2D eigenvalue weighted by atomic mass is 10.1. The second kappa shape index (κ2) is 9.08. The molecule has 0 unspecified atom stereocenters. The minimum atomic E-state index is -0.262. The van der Waals surface area contributed by atoms with E-state index in [0.717, 1.165) is 11.3 Å². The molecule has 0 saturated heterocycles. The molecule has 0 atom stereocenters. The van der Waals surface area contributed by atoms with Gasteiger partial charge >= 0.3 is 0 Å². The van der Waals surface area contributed by atoms with Crippen molar-refractivity contribution in [3.8, 4) is 17.2 Å². The highest BCUT2D eigenvalue weighted by Crippen LogP contribution is 2.31. The van der Waals surface area contributed by atoms with E-state index in [1.807, 2.05) is 31.2 Å². The highest BCUT2D eigenvalue weighted by atomic mass is 79.9. The van der Waals surface area contributed by atoms with Gasteiger partial charge in [-0.1, -0.05) is 12.1 Å². The first-order valence-electron chi connectivity index (χ1n) is 7.63. The van der Waals surface area contributed by atoms with Gasteiger partial charge < -0.3 is 14.6 Å². The van der Waals surface area contributed by atoms with Crippen LogP contribution in [-0.4, -0.2) is 30.9 Å². The van der Waals surface area contributed by atoms with Crippen LogP contribution in [-0.2, 0) is 11.2 Å². The molecule has 7 heteroatoms. The molecule has 0 fully saturated rings. The Morgan fingerprint density at radius 3 is 2.64 bits per heavy atom. The molecule has 0 radical (unpaired) electrons. The first-order valence-corrected chi connectivity index (χ1v) is 8.43. The molecular weight excluding hydrogens is 388 g/mol. The molecule has 0 saturated carbocycles. The topological polar surface area (TPSA) is 80.2 Å². The van der Waals surface area contributed by atoms with Crippen molar-refractivity contribution in [2.75, 3.05) is 13.7 Å². The van der Waals surface area contributed by atoms with Gasteiger partial charge in [0.2, 0.25) is 5.91 Å². The van der Waals surface area contributed by atoms with Crippen molar-refractivity contribution >= 4 is 28.1 Å². The SMILES string of the molecule is CCOc1ccc(CC(=O)N/N=C\c2cc(OC)cc(Br)c2O)cc1. The second-order valence-corrected chi connectivity index (χ2v) is 5.95. The number of hydrogen-bond donors (Lipinski definition) is 2. The molecule has 132 valence electrons. The van der Waals surface area contributed by atoms with Gasteiger partial charge in [0.25, 0.3) is 0 Å². The summed E-state index contributed by atoms with van der Waals surface area (Å²) in [6.07, 6.45) is 1.55. The van der Waals surface area contributed by atoms with E-state index in [4.69, 9.17) is 9.47 Å². The van der Waals surface area contributed by atoms with Crippen LogP contribution in [0.4, 0.5) is 0 Å². The van der Waals surface area contributed by atoms with Crippen molar-refractivity contribution in [2.24, 2.45) is 5.10 Å². The number of aromatic hydroxyl groups is 1. The standard InChI is InChI=1S/C18H19BrN2O4/c1-3-25-14-6-4-12(5-7-14)8-17(22)21-20-11-13-9-15(24-2)10-16(19)18(13)23/h4-7,9-11,23H,3,8H2,1-2H3,(H,21,22)/b20-11-. The van der Waals surface area contributed by atoms with E-state index in [-0.39, 0.29) is 18.1 Å². The Hall–Kier alpha value is -2.54. The number of carbonyl (C=O) groups excluding carboxylic acids is 1. The summed E-state index contributed by atoms with van der Waals surface area (Å²) >= 11 is 3.23. The molecule has 0 aliphatic rings. The lowest BCUT2D eigenvalue weighted by molar-refractivity contribution is -0.120. The highest BCUT2D eigenvalue weighted by molar-refractivity contribution is 9.10. The molecule has 25 heavy (non-hydrogen) atoms. The minimum absolute atomic E-state index is 0.0188. The van der Waals surface area contributed by atoms with E-state index in [9.17, 15) is 9.90 Å². The molecule has 2 N–H and O–H groups in total. The molecule has 0 bridgehead atoms. The zero-order chi connectivity index (χ0) is 18.2. The number of halogens is 1. The van der Waals surface area contributed by atoms with Gasteiger partial charge in [0.15, 0.2) is 0 Å². The van der Waals surface area contributed by atoms with E-state index in [2.05, 4.69) is 26.5 Å². The number of nitrogens with zero attached hydrogens (tertiary/aromatic N) is 1. The zero-order valence-electron chi connectivity index (χ0n) is 14.0. The number of carbonyl (C=O) groups is 1. The van der Waals surface area contributed by atoms with Gasteiger partial charge in [0.05, 0.1) is 30.8 Å². The molecule has 2 aromatic rings. The van der Waals surface area contributed by atoms with Gasteiger partial charge in [-0.3, -0.25) is 4.79 Å². The lowest BCUT2D eigenvalue weighted by Gasteiger charge is -2.06. The number of hydrazone groups is 1. The van der Waals surface area contributed by atoms with Crippen molar-refractivity contribution < 1.29 is 19.4 Å². The fourth-order valence-electron chi connectivity index (χ4n) is 2.08. The number of benzene rings is 2. The van der Waals surface area contributed by atoms with Gasteiger partial charge in [-0.2, -0.15) is 5.10 Å². The highest BCUT2D eigenvalue weighted by Gasteiger charge is 2.07. The maximum Gasteiger partial charge on any atom is 0.244 e. The normalized spacial score (nSPS) is 10.7. The average Bonchev–Trinajstić information content (AvgIpc) is 2.60. The smallest absolute Gasteiger partial charge is 0.244 e. The third-order valence-electron chi connectivity index (χ3n) is 3.29. The Bertz CT molecular complexity index is 760. The van der Waals surface area contributed by atoms with Crippen LogP contribution < -0.4 is 14.9 Å². The molecule has 0 aliphatic carbocycles. The van der Waals surface area contributed by atoms with Crippen LogP contribution in [0.3, 0.4) is 0 Å². The maximum absolute atomic E-state index is 11.9. The second-order valence-electron chi connectivity index (χ2n) is 5.09. The van der Waals surface area contributed by atoms with Crippen LogP contribution in [0.5, 0.6) is 17.2 Å². The Labute approximate surface area is 154 Å². The fraction of sp³-hybridized carbons (Fsp3) is 0.222. The number of nitrogens with one attached hydrogen (secondary N) is 1. The summed E-state index contributed by atoms with van der Waals surface area (Å²) in [6, 6.07) is 10.6. The van der Waals surface area contributed by atoms with Gasteiger partial charge in [0, 0.05) is 5.56 Å². The summed E-state index contributed by atoms with van der Waals surface area (Å²) in [6.45, 7) is 2.51. The number of ether oxygens (including phenoxy) is 2. The molecule has 0 heterocycles. The van der Waals surface area contributed by atoms with Gasteiger partial charge in [-0.25, -0.2) is 5.43 Å². The average molecular weight is 407 g/mol. The van der Waals surface area contributed by atoms with Crippen LogP contribution in [0.15, 0.2) is 46.0 Å². The first kappa shape index (κ1) is 18.8. The molecule has 2 rings (SSSR count). The summed E-state index contributed by atoms with van der Waals surface area (Å²) in [7, 11) is 1.53. The third kappa shape index (κ3) is 5.49. The summed E-state index contributed by atoms with van der Waals surface area (Å²) in [5, 5.41) is 13.8. The fourth-order valence-corrected chi connectivity index (χ4v) is 2.53. The van der Waals surface area contributed by atoms with E-state index in [0.29, 0.717) is 22.4 Å². The number of amides is 1. The molecule has 0 aromatic heterocycles. The molecule has 6 nitrogen and oxygen atoms in total. The number of methoxy groups -OCH3 is 1. The number of hydrogen-bond acceptors (Lipinski definition) is 5. The number of phenols is 1. The summed E-state index contributed by atoms with van der Waals surface area (Å²) < 4.78 is 11.0. The van der Waals surface area contributed by atoms with Gasteiger partial charge in [-0.05, 0) is 52.7 Å². The van der Waals surface area contributed by atoms with Crippen LogP contribution in [0.2, 0.25) is 0 Å². The Balaban J connectivity index is 1.95. The van der Waals surface area contributed by atoms with E-state index in [1.54, 1.807) is 12.1 Å². The van der Waals surface area contributed by atoms with E-state index < -0.39 is 0 Å². The van der Waals surface area contributed by atoms with E-state index in [1.165, 1.54) is 13.3 Å². The Morgan fingerprint density at radius 2 is 2.00 bits per heavy atom. The van der Waals surface area contributed by atoms with Gasteiger partial charge in [0.1, 0.15) is 17.2 Å². The van der Waals surface area contributed by atoms with E-state index >= 15 is 0 Å². The summed E-state index contributed by atoms with van der Waals surface area (Å²) in [4.78, 5) is 11.9. The van der Waals surface area contributed by atoms with Crippen LogP contribution in [0.1, 0.15) is 18.1 Å². The quantitative estimate of drug-likeness (QED) is 0.546. The van der Waals surface area contributed by atoms with Crippen molar-refractivity contribution in [3.05, 3.63) is 52.0 Å². The number of phenolic OH excluding ortho intramolecular Hbond substituents is 1. The zero-order valence-corrected chi connectivity index (χ0v) is 15.5. The van der Waals surface area contributed by atoms with Crippen molar-refractivity contribution in [1.29, 1.82) is 0 Å². The minimum Gasteiger partial charge on any atom is -0.506 e. The van der Waals surface area contributed by atoms with Gasteiger partial charge in [-0.15, -0.1) is 0 Å². The van der Waals surface area contributed by atoms with Crippen molar-refractivity contribution in [1.82, 2.24) is 5.43 Å². The van der Waals surface area contributed by atoms with Crippen LogP contribution in [0, 0.1) is 0 Å². The number of rotatable bonds is 7. The molecule has 0 aliphatic heterocycles. The largest absolute Gasteiger partial charge is 0.506 e. The molecule has 2 aromatic carbocycles. The molecule has 1 amide bonds. The predicted molar refractivity (Wildman–Crippen MR) is 99.4 cm³/mol. The molecule has 0 spiro atoms. The predicted octanol–water partition coefficient (Wildman–Crippen LogP) is 3.25. The van der Waals surface area contributed by atoms with Crippen LogP contribution >= 0.6 is 15.9 Å². The Kier molecular flexibility index (Phi) is 6.82. The van der Waals surface area contributed by atoms with Crippen LogP contribution in [0.25, 0.3) is 0 Å². The first-order chi connectivity index (χ1) is 12.0. The third-order valence-corrected chi connectivity index (χ3v) is 3.90. The molecular formula is C18H19BrN2O4. The van der Waals surface area contributed by atoms with Crippen molar-refractivity contribution in [2.45, 2.75) is 13.3 Å². The summed E-state index contributed by atoms with van der Waals surface area (Å²) in [5.74, 6) is 1.09. The monoisotopic (exact) mass is 406 g/mol. The summed E-state index contributed by atoms with van der Waals surface area (Å²) in [5.41, 5.74) is 3.71.